The molecule has 0 radical (unpaired) electrons. The van der Waals surface area contributed by atoms with Gasteiger partial charge in [-0.1, -0.05) is 41.4 Å². The second-order valence-electron chi connectivity index (χ2n) is 11.0. The van der Waals surface area contributed by atoms with Crippen molar-refractivity contribution in [1.82, 2.24) is 10.2 Å². The lowest BCUT2D eigenvalue weighted by molar-refractivity contribution is -0.142. The second-order valence-corrected chi connectivity index (χ2v) is 13.1. The fraction of sp³-hybridized carbons (Fsp3) is 0.375. The average molecular weight is 704 g/mol. The third kappa shape index (κ3) is 5.76. The number of nitrogens with one attached hydrogen (secondary N) is 1. The van der Waals surface area contributed by atoms with Crippen LogP contribution < -0.4 is 10.1 Å². The van der Waals surface area contributed by atoms with Crippen molar-refractivity contribution in [3.63, 3.8) is 0 Å². The number of carbonyl (C=O) groups excluding carboxylic acids is 1. The molecule has 6 nitrogen and oxygen atoms in total. The Bertz CT molecular complexity index is 1480. The van der Waals surface area contributed by atoms with Crippen LogP contribution in [-0.2, 0) is 14.9 Å². The van der Waals surface area contributed by atoms with Gasteiger partial charge in [0.25, 0.3) is 0 Å². The highest BCUT2D eigenvalue weighted by atomic mass is 127. The van der Waals surface area contributed by atoms with Crippen LogP contribution in [0, 0.1) is 3.57 Å². The third-order valence-electron chi connectivity index (χ3n) is 8.62. The van der Waals surface area contributed by atoms with Crippen molar-refractivity contribution in [3.05, 3.63) is 91.0 Å². The number of ether oxygens (including phenoxy) is 2. The zero-order valence-electron chi connectivity index (χ0n) is 22.8. The summed E-state index contributed by atoms with van der Waals surface area (Å²) in [4.78, 5) is 18.8. The summed E-state index contributed by atoms with van der Waals surface area (Å²) in [5, 5.41) is 5.29. The lowest BCUT2D eigenvalue weighted by Gasteiger charge is -2.48. The SMILES string of the molecule is COC(=O)CN1CCC(Oc2ccc(I)cc2[C@@H]2NCC[C@@H](c3cccc(Cl)c3)[C@]23C=Nc2cc(Cl)ccc23)CC1. The van der Waals surface area contributed by atoms with Crippen LogP contribution in [0.1, 0.15) is 47.9 Å². The largest absolute Gasteiger partial charge is 0.490 e. The van der Waals surface area contributed by atoms with E-state index in [0.29, 0.717) is 11.6 Å². The van der Waals surface area contributed by atoms with Crippen molar-refractivity contribution < 1.29 is 14.3 Å². The van der Waals surface area contributed by atoms with Gasteiger partial charge in [-0.25, -0.2) is 0 Å². The third-order valence-corrected chi connectivity index (χ3v) is 9.76. The maximum atomic E-state index is 11.8. The van der Waals surface area contributed by atoms with Gasteiger partial charge < -0.3 is 14.8 Å². The summed E-state index contributed by atoms with van der Waals surface area (Å²) >= 11 is 15.3. The predicted octanol–water partition coefficient (Wildman–Crippen LogP) is 7.09. The number of fused-ring (bicyclic) bond motifs is 2. The van der Waals surface area contributed by atoms with Crippen LogP contribution in [0.25, 0.3) is 0 Å². The summed E-state index contributed by atoms with van der Waals surface area (Å²) in [7, 11) is 1.43. The number of esters is 1. The Labute approximate surface area is 264 Å². The van der Waals surface area contributed by atoms with Gasteiger partial charge in [-0.15, -0.1) is 0 Å². The number of hydrogen-bond acceptors (Lipinski definition) is 6. The van der Waals surface area contributed by atoms with Crippen LogP contribution >= 0.6 is 45.8 Å². The topological polar surface area (TPSA) is 63.2 Å². The summed E-state index contributed by atoms with van der Waals surface area (Å²) in [6.45, 7) is 2.75. The van der Waals surface area contributed by atoms with Gasteiger partial charge in [0.1, 0.15) is 11.9 Å². The van der Waals surface area contributed by atoms with E-state index in [0.717, 1.165) is 70.1 Å². The first-order valence-electron chi connectivity index (χ1n) is 14.0. The molecule has 1 N–H and O–H groups in total. The van der Waals surface area contributed by atoms with Crippen LogP contribution in [0.4, 0.5) is 5.69 Å². The Morgan fingerprint density at radius 1 is 1.07 bits per heavy atom. The maximum Gasteiger partial charge on any atom is 0.319 e. The number of halogens is 3. The van der Waals surface area contributed by atoms with Crippen molar-refractivity contribution in [2.45, 2.75) is 42.7 Å². The highest BCUT2D eigenvalue weighted by Crippen LogP contribution is 2.57. The molecule has 0 aromatic heterocycles. The van der Waals surface area contributed by atoms with Crippen molar-refractivity contribution >= 4 is 63.7 Å². The number of likely N-dealkylation sites (tertiary alicyclic amines) is 1. The van der Waals surface area contributed by atoms with Gasteiger partial charge in [-0.05, 0) is 102 Å². The van der Waals surface area contributed by atoms with Gasteiger partial charge in [-0.2, -0.15) is 0 Å². The molecule has 41 heavy (non-hydrogen) atoms. The standard InChI is InChI=1S/C32H32Cl2IN3O3/c1-40-30(39)18-38-13-10-24(11-14-38)41-29-8-6-23(35)17-25(29)31-32(19-37-28-16-22(34)5-7-27(28)32)26(9-12-36-31)20-3-2-4-21(33)15-20/h2-8,15-17,19,24,26,31,36H,9-14,18H2,1H3/t26-,31-,32-/m0/s1. The molecule has 3 aliphatic heterocycles. The van der Waals surface area contributed by atoms with Gasteiger partial charge in [-0.3, -0.25) is 14.7 Å². The number of carbonyl (C=O) groups is 1. The van der Waals surface area contributed by atoms with E-state index < -0.39 is 5.41 Å². The van der Waals surface area contributed by atoms with E-state index in [1.807, 2.05) is 24.3 Å². The molecule has 3 aliphatic rings. The number of piperidine rings is 2. The van der Waals surface area contributed by atoms with E-state index in [-0.39, 0.29) is 24.0 Å². The van der Waals surface area contributed by atoms with E-state index in [2.05, 4.69) is 75.4 Å². The maximum absolute atomic E-state index is 11.8. The van der Waals surface area contributed by atoms with Crippen molar-refractivity contribution in [2.24, 2.45) is 4.99 Å². The normalized spacial score (nSPS) is 24.4. The highest BCUT2D eigenvalue weighted by molar-refractivity contribution is 14.1. The summed E-state index contributed by atoms with van der Waals surface area (Å²) < 4.78 is 12.8. The Morgan fingerprint density at radius 3 is 2.66 bits per heavy atom. The summed E-state index contributed by atoms with van der Waals surface area (Å²) in [5.41, 5.74) is 3.92. The smallest absolute Gasteiger partial charge is 0.319 e. The molecule has 3 heterocycles. The minimum atomic E-state index is -0.463. The molecule has 9 heteroatoms. The molecule has 2 fully saturated rings. The zero-order chi connectivity index (χ0) is 28.6. The van der Waals surface area contributed by atoms with Gasteiger partial charge in [0.2, 0.25) is 0 Å². The monoisotopic (exact) mass is 703 g/mol. The molecule has 3 aromatic rings. The molecule has 0 unspecified atom stereocenters. The zero-order valence-corrected chi connectivity index (χ0v) is 26.5. The first-order chi connectivity index (χ1) is 19.9. The van der Waals surface area contributed by atoms with E-state index in [9.17, 15) is 4.79 Å². The second kappa shape index (κ2) is 12.2. The molecule has 3 atom stereocenters. The fourth-order valence-electron chi connectivity index (χ4n) is 6.71. The molecule has 0 aliphatic carbocycles. The summed E-state index contributed by atoms with van der Waals surface area (Å²) in [5.74, 6) is 0.828. The van der Waals surface area contributed by atoms with Crippen LogP contribution in [0.5, 0.6) is 5.75 Å². The highest BCUT2D eigenvalue weighted by Gasteiger charge is 2.53. The molecule has 0 saturated carbocycles. The van der Waals surface area contributed by atoms with Crippen molar-refractivity contribution in [3.8, 4) is 5.75 Å². The van der Waals surface area contributed by atoms with Crippen molar-refractivity contribution in [1.29, 1.82) is 0 Å². The summed E-state index contributed by atoms with van der Waals surface area (Å²) in [6, 6.07) is 20.6. The van der Waals surface area contributed by atoms with Crippen LogP contribution in [0.15, 0.2) is 65.7 Å². The van der Waals surface area contributed by atoms with Gasteiger partial charge in [0.15, 0.2) is 0 Å². The molecule has 0 bridgehead atoms. The molecule has 3 aromatic carbocycles. The van der Waals surface area contributed by atoms with E-state index >= 15 is 0 Å². The van der Waals surface area contributed by atoms with Crippen LogP contribution in [0.3, 0.4) is 0 Å². The molecule has 214 valence electrons. The Kier molecular flexibility index (Phi) is 8.61. The molecule has 2 saturated heterocycles. The minimum Gasteiger partial charge on any atom is -0.490 e. The average Bonchev–Trinajstić information content (AvgIpc) is 3.33. The number of methoxy groups -OCH3 is 1. The summed E-state index contributed by atoms with van der Waals surface area (Å²) in [6.07, 6.45) is 4.82. The Hall–Kier alpha value is -2.17. The minimum absolute atomic E-state index is 0.0642. The van der Waals surface area contributed by atoms with E-state index in [1.54, 1.807) is 0 Å². The number of aliphatic imine (C=N–C) groups is 1. The molecular formula is C32H32Cl2IN3O3. The lowest BCUT2D eigenvalue weighted by Crippen LogP contribution is -2.51. The molecular weight excluding hydrogens is 672 g/mol. The number of hydrogen-bond donors (Lipinski definition) is 1. The molecule has 6 rings (SSSR count). The lowest BCUT2D eigenvalue weighted by atomic mass is 9.60. The van der Waals surface area contributed by atoms with Gasteiger partial charge in [0.05, 0.1) is 30.8 Å². The van der Waals surface area contributed by atoms with Crippen LogP contribution in [0.2, 0.25) is 10.0 Å². The van der Waals surface area contributed by atoms with E-state index in [1.165, 1.54) is 12.7 Å². The number of benzene rings is 3. The first-order valence-corrected chi connectivity index (χ1v) is 15.8. The predicted molar refractivity (Wildman–Crippen MR) is 172 cm³/mol. The van der Waals surface area contributed by atoms with Gasteiger partial charge >= 0.3 is 5.97 Å². The van der Waals surface area contributed by atoms with Gasteiger partial charge in [0, 0.05) is 44.4 Å². The quantitative estimate of drug-likeness (QED) is 0.220. The van der Waals surface area contributed by atoms with Crippen molar-refractivity contribution in [2.75, 3.05) is 33.3 Å². The Morgan fingerprint density at radius 2 is 1.88 bits per heavy atom. The molecule has 1 spiro atoms. The Balaban J connectivity index is 1.38. The fourth-order valence-corrected chi connectivity index (χ4v) is 7.59. The first kappa shape index (κ1) is 28.9. The molecule has 0 amide bonds. The number of rotatable bonds is 6. The van der Waals surface area contributed by atoms with E-state index in [4.69, 9.17) is 37.7 Å². The van der Waals surface area contributed by atoms with Crippen LogP contribution in [-0.4, -0.2) is 56.5 Å². The number of nitrogens with zero attached hydrogens (tertiary/aromatic N) is 2.